The lowest BCUT2D eigenvalue weighted by atomic mass is 10.1. The average Bonchev–Trinajstić information content (AvgIpc) is 2.26. The van der Waals surface area contributed by atoms with Crippen LogP contribution >= 0.6 is 0 Å². The average molecular weight is 214 g/mol. The van der Waals surface area contributed by atoms with E-state index >= 15 is 0 Å². The highest BCUT2D eigenvalue weighted by Crippen LogP contribution is 2.04. The largest absolute Gasteiger partial charge is 0.467 e. The number of unbranched alkanes of at least 4 members (excludes halogenated alkanes) is 4. The molecular weight excluding hydrogens is 192 g/mol. The summed E-state index contributed by atoms with van der Waals surface area (Å²) in [6.45, 7) is 6.01. The SMILES string of the molecule is C=CCCCCCCO[C@H](C)C(=O)OC. The third-order valence-electron chi connectivity index (χ3n) is 2.20. The number of methoxy groups -OCH3 is 1. The van der Waals surface area contributed by atoms with Crippen molar-refractivity contribution in [2.24, 2.45) is 0 Å². The maximum Gasteiger partial charge on any atom is 0.334 e. The van der Waals surface area contributed by atoms with Crippen molar-refractivity contribution in [3.8, 4) is 0 Å². The van der Waals surface area contributed by atoms with Gasteiger partial charge in [-0.05, 0) is 26.2 Å². The van der Waals surface area contributed by atoms with Crippen molar-refractivity contribution in [2.75, 3.05) is 13.7 Å². The van der Waals surface area contributed by atoms with Gasteiger partial charge in [-0.1, -0.05) is 18.9 Å². The predicted molar refractivity (Wildman–Crippen MR) is 60.7 cm³/mol. The molecule has 0 aromatic rings. The monoisotopic (exact) mass is 214 g/mol. The van der Waals surface area contributed by atoms with Crippen LogP contribution in [0.1, 0.15) is 39.0 Å². The topological polar surface area (TPSA) is 35.5 Å². The minimum absolute atomic E-state index is 0.304. The number of esters is 1. The molecule has 1 atom stereocenters. The molecule has 0 amide bonds. The molecule has 0 aromatic heterocycles. The maximum atomic E-state index is 11.0. The van der Waals surface area contributed by atoms with Crippen molar-refractivity contribution in [3.63, 3.8) is 0 Å². The van der Waals surface area contributed by atoms with Crippen LogP contribution in [0.25, 0.3) is 0 Å². The number of carbonyl (C=O) groups is 1. The fraction of sp³-hybridized carbons (Fsp3) is 0.750. The van der Waals surface area contributed by atoms with Gasteiger partial charge in [0.2, 0.25) is 0 Å². The molecule has 0 aliphatic heterocycles. The third kappa shape index (κ3) is 8.18. The van der Waals surface area contributed by atoms with E-state index in [2.05, 4.69) is 11.3 Å². The Labute approximate surface area is 92.5 Å². The molecule has 3 nitrogen and oxygen atoms in total. The van der Waals surface area contributed by atoms with Gasteiger partial charge in [0.05, 0.1) is 7.11 Å². The summed E-state index contributed by atoms with van der Waals surface area (Å²) in [5, 5.41) is 0. The molecule has 0 heterocycles. The molecule has 0 aliphatic carbocycles. The molecule has 0 aliphatic rings. The molecule has 15 heavy (non-hydrogen) atoms. The van der Waals surface area contributed by atoms with Gasteiger partial charge in [0.25, 0.3) is 0 Å². The summed E-state index contributed by atoms with van der Waals surface area (Å²) in [4.78, 5) is 11.0. The zero-order valence-electron chi connectivity index (χ0n) is 9.83. The molecule has 88 valence electrons. The summed E-state index contributed by atoms with van der Waals surface area (Å²) in [6, 6.07) is 0. The number of carbonyl (C=O) groups excluding carboxylic acids is 1. The van der Waals surface area contributed by atoms with Crippen molar-refractivity contribution in [3.05, 3.63) is 12.7 Å². The van der Waals surface area contributed by atoms with E-state index in [0.717, 1.165) is 19.3 Å². The van der Waals surface area contributed by atoms with Gasteiger partial charge in [-0.15, -0.1) is 6.58 Å². The Bertz CT molecular complexity index is 178. The summed E-state index contributed by atoms with van der Waals surface area (Å²) in [7, 11) is 1.37. The minimum atomic E-state index is -0.442. The lowest BCUT2D eigenvalue weighted by Crippen LogP contribution is -2.22. The lowest BCUT2D eigenvalue weighted by molar-refractivity contribution is -0.152. The molecule has 0 saturated heterocycles. The molecule has 0 radical (unpaired) electrons. The number of hydrogen-bond acceptors (Lipinski definition) is 3. The first-order valence-electron chi connectivity index (χ1n) is 5.52. The van der Waals surface area contributed by atoms with Gasteiger partial charge in [0, 0.05) is 6.61 Å². The Morgan fingerprint density at radius 2 is 2.00 bits per heavy atom. The second kappa shape index (κ2) is 9.71. The van der Waals surface area contributed by atoms with Gasteiger partial charge in [-0.3, -0.25) is 0 Å². The van der Waals surface area contributed by atoms with Crippen LogP contribution in [-0.2, 0) is 14.3 Å². The van der Waals surface area contributed by atoms with Gasteiger partial charge >= 0.3 is 5.97 Å². The smallest absolute Gasteiger partial charge is 0.334 e. The Morgan fingerprint density at radius 1 is 1.33 bits per heavy atom. The van der Waals surface area contributed by atoms with Crippen molar-refractivity contribution in [2.45, 2.75) is 45.1 Å². The highest BCUT2D eigenvalue weighted by atomic mass is 16.6. The van der Waals surface area contributed by atoms with E-state index in [1.165, 1.54) is 20.0 Å². The van der Waals surface area contributed by atoms with E-state index in [1.54, 1.807) is 6.92 Å². The van der Waals surface area contributed by atoms with Crippen LogP contribution in [0.5, 0.6) is 0 Å². The molecule has 0 fully saturated rings. The molecular formula is C12H22O3. The summed E-state index contributed by atoms with van der Waals surface area (Å²) < 4.78 is 9.85. The van der Waals surface area contributed by atoms with Crippen LogP contribution in [0.2, 0.25) is 0 Å². The summed E-state index contributed by atoms with van der Waals surface area (Å²) in [5.41, 5.74) is 0. The number of rotatable bonds is 9. The van der Waals surface area contributed by atoms with Gasteiger partial charge < -0.3 is 9.47 Å². The number of hydrogen-bond donors (Lipinski definition) is 0. The zero-order chi connectivity index (χ0) is 11.5. The van der Waals surface area contributed by atoms with Crippen molar-refractivity contribution in [1.29, 1.82) is 0 Å². The number of allylic oxidation sites excluding steroid dienone is 1. The predicted octanol–water partition coefficient (Wildman–Crippen LogP) is 2.70. The van der Waals surface area contributed by atoms with Crippen LogP contribution in [0.3, 0.4) is 0 Å². The van der Waals surface area contributed by atoms with E-state index < -0.39 is 6.10 Å². The highest BCUT2D eigenvalue weighted by molar-refractivity contribution is 5.73. The standard InChI is InChI=1S/C12H22O3/c1-4-5-6-7-8-9-10-15-11(2)12(13)14-3/h4,11H,1,5-10H2,2-3H3/t11-/m1/s1. The molecule has 0 spiro atoms. The van der Waals surface area contributed by atoms with Crippen molar-refractivity contribution >= 4 is 5.97 Å². The Balaban J connectivity index is 3.23. The molecule has 0 saturated carbocycles. The van der Waals surface area contributed by atoms with Gasteiger partial charge in [-0.25, -0.2) is 4.79 Å². The van der Waals surface area contributed by atoms with E-state index in [4.69, 9.17) is 4.74 Å². The molecule has 0 aromatic carbocycles. The Morgan fingerprint density at radius 3 is 2.60 bits per heavy atom. The molecule has 0 N–H and O–H groups in total. The van der Waals surface area contributed by atoms with E-state index in [9.17, 15) is 4.79 Å². The second-order valence-corrected chi connectivity index (χ2v) is 3.53. The molecule has 0 bridgehead atoms. The highest BCUT2D eigenvalue weighted by Gasteiger charge is 2.12. The van der Waals surface area contributed by atoms with Gasteiger partial charge in [0.1, 0.15) is 0 Å². The first-order valence-corrected chi connectivity index (χ1v) is 5.52. The first kappa shape index (κ1) is 14.2. The minimum Gasteiger partial charge on any atom is -0.467 e. The van der Waals surface area contributed by atoms with E-state index in [0.29, 0.717) is 6.61 Å². The maximum absolute atomic E-state index is 11.0. The lowest BCUT2D eigenvalue weighted by Gasteiger charge is -2.10. The molecule has 0 rings (SSSR count). The van der Waals surface area contributed by atoms with Gasteiger partial charge in [-0.2, -0.15) is 0 Å². The van der Waals surface area contributed by atoms with Crippen molar-refractivity contribution < 1.29 is 14.3 Å². The van der Waals surface area contributed by atoms with E-state index in [-0.39, 0.29) is 5.97 Å². The fourth-order valence-corrected chi connectivity index (χ4v) is 1.24. The third-order valence-corrected chi connectivity index (χ3v) is 2.20. The van der Waals surface area contributed by atoms with E-state index in [1.807, 2.05) is 6.08 Å². The van der Waals surface area contributed by atoms with Crippen LogP contribution in [0.4, 0.5) is 0 Å². The van der Waals surface area contributed by atoms with Gasteiger partial charge in [0.15, 0.2) is 6.10 Å². The van der Waals surface area contributed by atoms with Crippen LogP contribution < -0.4 is 0 Å². The zero-order valence-corrected chi connectivity index (χ0v) is 9.83. The fourth-order valence-electron chi connectivity index (χ4n) is 1.24. The number of ether oxygens (including phenoxy) is 2. The molecule has 3 heteroatoms. The summed E-state index contributed by atoms with van der Waals surface area (Å²) in [6.07, 6.45) is 7.11. The normalized spacial score (nSPS) is 12.1. The van der Waals surface area contributed by atoms with Crippen LogP contribution in [0.15, 0.2) is 12.7 Å². The van der Waals surface area contributed by atoms with Crippen LogP contribution in [0, 0.1) is 0 Å². The Hall–Kier alpha value is -0.830. The second-order valence-electron chi connectivity index (χ2n) is 3.53. The Kier molecular flexibility index (Phi) is 9.18. The molecule has 0 unspecified atom stereocenters. The van der Waals surface area contributed by atoms with Crippen molar-refractivity contribution in [1.82, 2.24) is 0 Å². The summed E-state index contributed by atoms with van der Waals surface area (Å²) >= 11 is 0. The first-order chi connectivity index (χ1) is 7.22. The quantitative estimate of drug-likeness (QED) is 0.336. The summed E-state index contributed by atoms with van der Waals surface area (Å²) in [5.74, 6) is -0.304. The van der Waals surface area contributed by atoms with Crippen LogP contribution in [-0.4, -0.2) is 25.8 Å².